The molecule has 1 aromatic rings. The van der Waals surface area contributed by atoms with E-state index < -0.39 is 0 Å². The predicted octanol–water partition coefficient (Wildman–Crippen LogP) is 3.56. The molecule has 0 aliphatic heterocycles. The first-order chi connectivity index (χ1) is 8.79. The summed E-state index contributed by atoms with van der Waals surface area (Å²) < 4.78 is 0. The van der Waals surface area contributed by atoms with Gasteiger partial charge >= 0.3 is 0 Å². The monoisotopic (exact) mass is 391 g/mol. The number of halogens is 1. The Kier molecular flexibility index (Phi) is 7.45. The maximum Gasteiger partial charge on any atom is 0.192 e. The van der Waals surface area contributed by atoms with Crippen LogP contribution >= 0.6 is 35.3 Å². The lowest BCUT2D eigenvalue weighted by Gasteiger charge is -2.16. The second-order valence-corrected chi connectivity index (χ2v) is 5.66. The summed E-state index contributed by atoms with van der Waals surface area (Å²) in [6.45, 7) is 7.56. The molecule has 0 radical (unpaired) electrons. The number of aliphatic imine (C=N–C) groups is 1. The van der Waals surface area contributed by atoms with Gasteiger partial charge in [-0.25, -0.2) is 0 Å². The maximum absolute atomic E-state index is 4.62. The summed E-state index contributed by atoms with van der Waals surface area (Å²) in [4.78, 5) is 5.95. The van der Waals surface area contributed by atoms with Crippen LogP contribution in [0.1, 0.15) is 30.7 Å². The minimum absolute atomic E-state index is 0. The molecular formula is C14H22IN3S. The third-order valence-corrected chi connectivity index (χ3v) is 4.00. The average molecular weight is 391 g/mol. The Labute approximate surface area is 136 Å². The van der Waals surface area contributed by atoms with E-state index in [1.165, 1.54) is 17.7 Å². The fraction of sp³-hybridized carbons (Fsp3) is 0.500. The smallest absolute Gasteiger partial charge is 0.192 e. The summed E-state index contributed by atoms with van der Waals surface area (Å²) in [5.74, 6) is 1.70. The van der Waals surface area contributed by atoms with Crippen molar-refractivity contribution in [2.75, 3.05) is 13.1 Å². The zero-order valence-corrected chi connectivity index (χ0v) is 14.4. The molecule has 0 saturated heterocycles. The first kappa shape index (κ1) is 16.5. The molecule has 2 N–H and O–H groups in total. The summed E-state index contributed by atoms with van der Waals surface area (Å²) in [5, 5.41) is 8.81. The Bertz CT molecular complexity index is 399. The van der Waals surface area contributed by atoms with E-state index in [1.54, 1.807) is 11.3 Å². The molecule has 1 unspecified atom stereocenters. The molecule has 3 nitrogen and oxygen atoms in total. The van der Waals surface area contributed by atoms with Crippen molar-refractivity contribution in [3.8, 4) is 0 Å². The number of hydrogen-bond donors (Lipinski definition) is 2. The molecule has 5 heteroatoms. The summed E-state index contributed by atoms with van der Waals surface area (Å²) in [7, 11) is 0. The van der Waals surface area contributed by atoms with Crippen LogP contribution in [-0.4, -0.2) is 19.0 Å². The number of rotatable bonds is 6. The summed E-state index contributed by atoms with van der Waals surface area (Å²) in [6, 6.07) is 4.52. The van der Waals surface area contributed by atoms with Gasteiger partial charge < -0.3 is 10.6 Å². The van der Waals surface area contributed by atoms with Crippen molar-refractivity contribution in [1.29, 1.82) is 0 Å². The summed E-state index contributed by atoms with van der Waals surface area (Å²) in [5.41, 5.74) is 0. The molecule has 19 heavy (non-hydrogen) atoms. The zero-order valence-electron chi connectivity index (χ0n) is 11.3. The van der Waals surface area contributed by atoms with Gasteiger partial charge in [-0.1, -0.05) is 12.1 Å². The third kappa shape index (κ3) is 5.95. The van der Waals surface area contributed by atoms with Gasteiger partial charge in [-0.15, -0.1) is 41.9 Å². The molecule has 1 aliphatic rings. The second-order valence-electron chi connectivity index (χ2n) is 4.68. The third-order valence-electron chi connectivity index (χ3n) is 2.94. The van der Waals surface area contributed by atoms with Crippen LogP contribution in [0.4, 0.5) is 0 Å². The van der Waals surface area contributed by atoms with Crippen molar-refractivity contribution in [3.05, 3.63) is 35.0 Å². The van der Waals surface area contributed by atoms with Gasteiger partial charge in [0.15, 0.2) is 5.96 Å². The lowest BCUT2D eigenvalue weighted by atomic mass is 10.3. The van der Waals surface area contributed by atoms with Crippen LogP contribution in [0.25, 0.3) is 0 Å². The first-order valence-electron chi connectivity index (χ1n) is 6.48. The summed E-state index contributed by atoms with van der Waals surface area (Å²) in [6.07, 6.45) is 4.52. The molecule has 0 aromatic carbocycles. The van der Waals surface area contributed by atoms with E-state index in [2.05, 4.69) is 46.6 Å². The number of hydrogen-bond acceptors (Lipinski definition) is 2. The van der Waals surface area contributed by atoms with E-state index >= 15 is 0 Å². The van der Waals surface area contributed by atoms with Crippen LogP contribution in [0, 0.1) is 5.92 Å². The molecule has 0 spiro atoms. The van der Waals surface area contributed by atoms with Gasteiger partial charge in [-0.3, -0.25) is 4.99 Å². The average Bonchev–Trinajstić information content (AvgIpc) is 3.03. The molecule has 1 aliphatic carbocycles. The van der Waals surface area contributed by atoms with Gasteiger partial charge in [-0.05, 0) is 37.1 Å². The van der Waals surface area contributed by atoms with Crippen molar-refractivity contribution >= 4 is 41.3 Å². The normalized spacial score (nSPS) is 16.4. The van der Waals surface area contributed by atoms with Crippen LogP contribution in [-0.2, 0) is 0 Å². The molecule has 1 atom stereocenters. The standard InChI is InChI=1S/C14H21N3S.HI/c1-3-8-15-14(16-10-12-6-7-12)17-11(2)13-5-4-9-18-13;/h3-5,9,11-12H,1,6-8,10H2,2H3,(H2,15,16,17);1H. The number of guanidine groups is 1. The Morgan fingerprint density at radius 3 is 3.00 bits per heavy atom. The largest absolute Gasteiger partial charge is 0.353 e. The molecular weight excluding hydrogens is 369 g/mol. The van der Waals surface area contributed by atoms with Crippen LogP contribution in [0.5, 0.6) is 0 Å². The van der Waals surface area contributed by atoms with Crippen molar-refractivity contribution in [1.82, 2.24) is 10.6 Å². The zero-order chi connectivity index (χ0) is 12.8. The maximum atomic E-state index is 4.62. The highest BCUT2D eigenvalue weighted by Crippen LogP contribution is 2.28. The molecule has 2 rings (SSSR count). The Morgan fingerprint density at radius 2 is 2.42 bits per heavy atom. The summed E-state index contributed by atoms with van der Waals surface area (Å²) >= 11 is 1.77. The SMILES string of the molecule is C=CCNC(=NCC1CC1)NC(C)c1cccs1.I. The van der Waals surface area contributed by atoms with E-state index in [9.17, 15) is 0 Å². The Hall–Kier alpha value is -0.560. The molecule has 1 heterocycles. The topological polar surface area (TPSA) is 36.4 Å². The van der Waals surface area contributed by atoms with Crippen molar-refractivity contribution in [2.24, 2.45) is 10.9 Å². The first-order valence-corrected chi connectivity index (χ1v) is 7.36. The molecule has 1 aromatic heterocycles. The van der Waals surface area contributed by atoms with Crippen LogP contribution in [0.3, 0.4) is 0 Å². The van der Waals surface area contributed by atoms with E-state index in [1.807, 2.05) is 6.08 Å². The fourth-order valence-corrected chi connectivity index (χ4v) is 2.39. The van der Waals surface area contributed by atoms with Crippen LogP contribution in [0.2, 0.25) is 0 Å². The van der Waals surface area contributed by atoms with Gasteiger partial charge in [0, 0.05) is 18.0 Å². The van der Waals surface area contributed by atoms with E-state index in [0.29, 0.717) is 6.04 Å². The van der Waals surface area contributed by atoms with Crippen molar-refractivity contribution in [3.63, 3.8) is 0 Å². The van der Waals surface area contributed by atoms with Gasteiger partial charge in [0.05, 0.1) is 6.04 Å². The number of nitrogens with one attached hydrogen (secondary N) is 2. The second kappa shape index (κ2) is 8.58. The van der Waals surface area contributed by atoms with Gasteiger partial charge in [-0.2, -0.15) is 0 Å². The molecule has 0 bridgehead atoms. The Balaban J connectivity index is 0.00000180. The highest BCUT2D eigenvalue weighted by molar-refractivity contribution is 14.0. The van der Waals surface area contributed by atoms with E-state index in [4.69, 9.17) is 0 Å². The van der Waals surface area contributed by atoms with Gasteiger partial charge in [0.2, 0.25) is 0 Å². The molecule has 1 saturated carbocycles. The lowest BCUT2D eigenvalue weighted by molar-refractivity contribution is 0.697. The fourth-order valence-electron chi connectivity index (χ4n) is 1.66. The Morgan fingerprint density at radius 1 is 1.63 bits per heavy atom. The molecule has 1 fully saturated rings. The van der Waals surface area contributed by atoms with Crippen LogP contribution in [0.15, 0.2) is 35.2 Å². The van der Waals surface area contributed by atoms with Crippen molar-refractivity contribution in [2.45, 2.75) is 25.8 Å². The molecule has 0 amide bonds. The van der Waals surface area contributed by atoms with Gasteiger partial charge in [0.25, 0.3) is 0 Å². The van der Waals surface area contributed by atoms with Gasteiger partial charge in [0.1, 0.15) is 0 Å². The quantitative estimate of drug-likeness (QED) is 0.337. The van der Waals surface area contributed by atoms with E-state index in [-0.39, 0.29) is 24.0 Å². The number of thiophene rings is 1. The van der Waals surface area contributed by atoms with Crippen molar-refractivity contribution < 1.29 is 0 Å². The molecule has 106 valence electrons. The van der Waals surface area contributed by atoms with Crippen LogP contribution < -0.4 is 10.6 Å². The highest BCUT2D eigenvalue weighted by Gasteiger charge is 2.20. The minimum Gasteiger partial charge on any atom is -0.353 e. The number of nitrogens with zero attached hydrogens (tertiary/aromatic N) is 1. The van der Waals surface area contributed by atoms with E-state index in [0.717, 1.165) is 25.0 Å². The predicted molar refractivity (Wildman–Crippen MR) is 94.5 cm³/mol. The lowest BCUT2D eigenvalue weighted by Crippen LogP contribution is -2.38. The highest BCUT2D eigenvalue weighted by atomic mass is 127. The minimum atomic E-state index is 0.